The molecule has 29 heavy (non-hydrogen) atoms. The summed E-state index contributed by atoms with van der Waals surface area (Å²) in [6, 6.07) is 18.6. The molecule has 0 unspecified atom stereocenters. The molecule has 7 heteroatoms. The van der Waals surface area contributed by atoms with Crippen LogP contribution in [-0.4, -0.2) is 38.1 Å². The van der Waals surface area contributed by atoms with Crippen molar-refractivity contribution in [3.63, 3.8) is 0 Å². The Labute approximate surface area is 170 Å². The van der Waals surface area contributed by atoms with Crippen LogP contribution in [0.4, 0.5) is 0 Å². The van der Waals surface area contributed by atoms with Crippen molar-refractivity contribution in [2.45, 2.75) is 19.6 Å². The normalized spacial score (nSPS) is 11.3. The van der Waals surface area contributed by atoms with Crippen LogP contribution in [0.15, 0.2) is 60.7 Å². The molecule has 0 bridgehead atoms. The third-order valence-electron chi connectivity index (χ3n) is 4.09. The zero-order chi connectivity index (χ0) is 20.9. The molecule has 2 aromatic rings. The van der Waals surface area contributed by atoms with E-state index in [4.69, 9.17) is 14.2 Å². The number of rotatable bonds is 11. The number of benzene rings is 2. The van der Waals surface area contributed by atoms with E-state index in [0.717, 1.165) is 11.1 Å². The van der Waals surface area contributed by atoms with Gasteiger partial charge >= 0.3 is 17.9 Å². The molecular weight excluding hydrogens is 374 g/mol. The highest BCUT2D eigenvalue weighted by Gasteiger charge is 2.23. The average Bonchev–Trinajstić information content (AvgIpc) is 2.76. The molecule has 0 saturated heterocycles. The van der Waals surface area contributed by atoms with Crippen LogP contribution in [0.25, 0.3) is 0 Å². The second kappa shape index (κ2) is 12.3. The molecule has 0 spiro atoms. The average molecular weight is 399 g/mol. The molecule has 0 fully saturated rings. The first-order chi connectivity index (χ1) is 14.1. The lowest BCUT2D eigenvalue weighted by molar-refractivity contribution is -0.154. The van der Waals surface area contributed by atoms with Gasteiger partial charge in [-0.3, -0.25) is 14.4 Å². The standard InChI is InChI=1S/C22H25NO6/c1-27-22(26)19(12-20(24)28-15-17-8-4-2-5-9-17)13-23-14-21(25)29-16-18-10-6-3-7-11-18/h2-11,19,23H,12-16H2,1H3/t19-/m1/s1. The van der Waals surface area contributed by atoms with Crippen molar-refractivity contribution in [2.75, 3.05) is 20.2 Å². The van der Waals surface area contributed by atoms with Gasteiger partial charge < -0.3 is 19.5 Å². The monoisotopic (exact) mass is 399 g/mol. The van der Waals surface area contributed by atoms with Crippen LogP contribution in [-0.2, 0) is 41.8 Å². The number of carbonyl (C=O) groups is 3. The molecule has 154 valence electrons. The van der Waals surface area contributed by atoms with E-state index in [2.05, 4.69) is 5.32 Å². The van der Waals surface area contributed by atoms with Gasteiger partial charge in [0.05, 0.1) is 26.0 Å². The number of methoxy groups -OCH3 is 1. The fourth-order valence-electron chi connectivity index (χ4n) is 2.54. The lowest BCUT2D eigenvalue weighted by Crippen LogP contribution is -2.34. The third kappa shape index (κ3) is 8.57. The second-order valence-electron chi connectivity index (χ2n) is 6.35. The minimum Gasteiger partial charge on any atom is -0.469 e. The summed E-state index contributed by atoms with van der Waals surface area (Å²) in [6.45, 7) is 0.313. The molecule has 2 rings (SSSR count). The summed E-state index contributed by atoms with van der Waals surface area (Å²) in [4.78, 5) is 35.8. The van der Waals surface area contributed by atoms with Crippen LogP contribution in [0.1, 0.15) is 17.5 Å². The molecule has 7 nitrogen and oxygen atoms in total. The van der Waals surface area contributed by atoms with Crippen molar-refractivity contribution in [1.82, 2.24) is 5.32 Å². The smallest absolute Gasteiger partial charge is 0.320 e. The predicted octanol–water partition coefficient (Wildman–Crippen LogP) is 2.24. The van der Waals surface area contributed by atoms with Crippen LogP contribution < -0.4 is 5.32 Å². The lowest BCUT2D eigenvalue weighted by Gasteiger charge is -2.15. The summed E-state index contributed by atoms with van der Waals surface area (Å²) in [5, 5.41) is 2.83. The third-order valence-corrected chi connectivity index (χ3v) is 4.09. The molecule has 1 N–H and O–H groups in total. The van der Waals surface area contributed by atoms with Gasteiger partial charge in [0.1, 0.15) is 13.2 Å². The molecule has 0 heterocycles. The van der Waals surface area contributed by atoms with Crippen LogP contribution in [0.5, 0.6) is 0 Å². The van der Waals surface area contributed by atoms with Crippen molar-refractivity contribution < 1.29 is 28.6 Å². The van der Waals surface area contributed by atoms with Crippen molar-refractivity contribution in [3.05, 3.63) is 71.8 Å². The van der Waals surface area contributed by atoms with Gasteiger partial charge in [-0.25, -0.2) is 0 Å². The van der Waals surface area contributed by atoms with Gasteiger partial charge in [0.15, 0.2) is 0 Å². The fourth-order valence-corrected chi connectivity index (χ4v) is 2.54. The number of ether oxygens (including phenoxy) is 3. The summed E-state index contributed by atoms with van der Waals surface area (Å²) in [7, 11) is 1.25. The van der Waals surface area contributed by atoms with Gasteiger partial charge in [-0.1, -0.05) is 60.7 Å². The Kier molecular flexibility index (Phi) is 9.38. The maximum Gasteiger partial charge on any atom is 0.320 e. The second-order valence-corrected chi connectivity index (χ2v) is 6.35. The van der Waals surface area contributed by atoms with E-state index in [0.29, 0.717) is 0 Å². The Morgan fingerprint density at radius 2 is 1.34 bits per heavy atom. The van der Waals surface area contributed by atoms with Crippen molar-refractivity contribution in [2.24, 2.45) is 5.92 Å². The van der Waals surface area contributed by atoms with Gasteiger partial charge in [-0.2, -0.15) is 0 Å². The van der Waals surface area contributed by atoms with Crippen LogP contribution in [0.2, 0.25) is 0 Å². The highest BCUT2D eigenvalue weighted by Crippen LogP contribution is 2.09. The van der Waals surface area contributed by atoms with E-state index in [1.807, 2.05) is 60.7 Å². The molecule has 2 aromatic carbocycles. The van der Waals surface area contributed by atoms with Crippen molar-refractivity contribution in [3.8, 4) is 0 Å². The topological polar surface area (TPSA) is 90.9 Å². The molecule has 0 aliphatic heterocycles. The van der Waals surface area contributed by atoms with Crippen LogP contribution in [0, 0.1) is 5.92 Å². The first-order valence-electron chi connectivity index (χ1n) is 9.26. The van der Waals surface area contributed by atoms with Gasteiger partial charge in [0.25, 0.3) is 0 Å². The molecule has 0 aliphatic rings. The van der Waals surface area contributed by atoms with Gasteiger partial charge in [0, 0.05) is 6.54 Å². The zero-order valence-corrected chi connectivity index (χ0v) is 16.3. The molecule has 0 amide bonds. The lowest BCUT2D eigenvalue weighted by atomic mass is 10.1. The van der Waals surface area contributed by atoms with Gasteiger partial charge in [-0.15, -0.1) is 0 Å². The first-order valence-corrected chi connectivity index (χ1v) is 9.26. The minimum atomic E-state index is -0.759. The SMILES string of the molecule is COC(=O)[C@@H](CNCC(=O)OCc1ccccc1)CC(=O)OCc1ccccc1. The number of esters is 3. The number of carbonyl (C=O) groups excluding carboxylic acids is 3. The van der Waals surface area contributed by atoms with Crippen molar-refractivity contribution in [1.29, 1.82) is 0 Å². The largest absolute Gasteiger partial charge is 0.469 e. The Morgan fingerprint density at radius 1 is 0.828 bits per heavy atom. The number of hydrogen-bond acceptors (Lipinski definition) is 7. The summed E-state index contributed by atoms with van der Waals surface area (Å²) < 4.78 is 15.1. The zero-order valence-electron chi connectivity index (χ0n) is 16.3. The quantitative estimate of drug-likeness (QED) is 0.458. The number of nitrogens with one attached hydrogen (secondary N) is 1. The van der Waals surface area contributed by atoms with Crippen LogP contribution in [0.3, 0.4) is 0 Å². The molecule has 1 atom stereocenters. The van der Waals surface area contributed by atoms with E-state index < -0.39 is 23.8 Å². The predicted molar refractivity (Wildman–Crippen MR) is 105 cm³/mol. The van der Waals surface area contributed by atoms with Crippen molar-refractivity contribution >= 4 is 17.9 Å². The van der Waals surface area contributed by atoms with E-state index in [9.17, 15) is 14.4 Å². The molecule has 0 aromatic heterocycles. The van der Waals surface area contributed by atoms with E-state index >= 15 is 0 Å². The molecule has 0 radical (unpaired) electrons. The minimum absolute atomic E-state index is 0.0839. The summed E-state index contributed by atoms with van der Waals surface area (Å²) in [6.07, 6.45) is -0.147. The Balaban J connectivity index is 1.72. The maximum atomic E-state index is 12.1. The molecular formula is C22H25NO6. The van der Waals surface area contributed by atoms with E-state index in [1.165, 1.54) is 7.11 Å². The summed E-state index contributed by atoms with van der Waals surface area (Å²) in [5.74, 6) is -2.28. The molecule has 0 saturated carbocycles. The summed E-state index contributed by atoms with van der Waals surface area (Å²) in [5.41, 5.74) is 1.74. The van der Waals surface area contributed by atoms with Crippen LogP contribution >= 0.6 is 0 Å². The Morgan fingerprint density at radius 3 is 1.86 bits per heavy atom. The van der Waals surface area contributed by atoms with Gasteiger partial charge in [0.2, 0.25) is 0 Å². The number of hydrogen-bond donors (Lipinski definition) is 1. The Hall–Kier alpha value is -3.19. The highest BCUT2D eigenvalue weighted by atomic mass is 16.5. The molecule has 0 aliphatic carbocycles. The summed E-state index contributed by atoms with van der Waals surface area (Å²) >= 11 is 0. The van der Waals surface area contributed by atoms with E-state index in [1.54, 1.807) is 0 Å². The first kappa shape index (κ1) is 22.1. The van der Waals surface area contributed by atoms with Gasteiger partial charge in [-0.05, 0) is 11.1 Å². The Bertz CT molecular complexity index is 778. The highest BCUT2D eigenvalue weighted by molar-refractivity contribution is 5.80. The van der Waals surface area contributed by atoms with E-state index in [-0.39, 0.29) is 32.7 Å². The fraction of sp³-hybridized carbons (Fsp3) is 0.318. The maximum absolute atomic E-state index is 12.1.